The van der Waals surface area contributed by atoms with Crippen molar-refractivity contribution < 1.29 is 13.5 Å². The van der Waals surface area contributed by atoms with E-state index in [1.807, 2.05) is 6.92 Å². The highest BCUT2D eigenvalue weighted by molar-refractivity contribution is 7.92. The predicted molar refractivity (Wildman–Crippen MR) is 56.0 cm³/mol. The molecule has 1 rings (SSSR count). The summed E-state index contributed by atoms with van der Waals surface area (Å²) in [5.74, 6) is 0.112. The first-order valence-corrected chi connectivity index (χ1v) is 6.11. The SMILES string of the molecule is CCc1ccc(NS(C)(=O)=O)cc1O. The molecule has 5 heteroatoms. The number of aryl methyl sites for hydroxylation is 1. The van der Waals surface area contributed by atoms with Gasteiger partial charge < -0.3 is 5.11 Å². The number of nitrogens with one attached hydrogen (secondary N) is 1. The summed E-state index contributed by atoms with van der Waals surface area (Å²) in [6.45, 7) is 1.92. The Bertz CT molecular complexity index is 426. The Labute approximate surface area is 83.6 Å². The van der Waals surface area contributed by atoms with Gasteiger partial charge in [0, 0.05) is 6.07 Å². The molecule has 78 valence electrons. The highest BCUT2D eigenvalue weighted by Gasteiger charge is 2.04. The summed E-state index contributed by atoms with van der Waals surface area (Å²) < 4.78 is 24.0. The minimum Gasteiger partial charge on any atom is -0.508 e. The van der Waals surface area contributed by atoms with E-state index in [0.29, 0.717) is 12.1 Å². The van der Waals surface area contributed by atoms with Gasteiger partial charge in [-0.05, 0) is 18.1 Å². The van der Waals surface area contributed by atoms with Crippen LogP contribution in [0.25, 0.3) is 0 Å². The third kappa shape index (κ3) is 2.92. The average Bonchev–Trinajstić information content (AvgIpc) is 2.01. The molecule has 0 saturated carbocycles. The fourth-order valence-electron chi connectivity index (χ4n) is 1.14. The monoisotopic (exact) mass is 215 g/mol. The van der Waals surface area contributed by atoms with Gasteiger partial charge in [-0.25, -0.2) is 8.42 Å². The van der Waals surface area contributed by atoms with Crippen LogP contribution >= 0.6 is 0 Å². The van der Waals surface area contributed by atoms with Gasteiger partial charge >= 0.3 is 0 Å². The second-order valence-electron chi connectivity index (χ2n) is 3.07. The fraction of sp³-hybridized carbons (Fsp3) is 0.333. The van der Waals surface area contributed by atoms with Gasteiger partial charge in [-0.3, -0.25) is 4.72 Å². The lowest BCUT2D eigenvalue weighted by Crippen LogP contribution is -2.09. The van der Waals surface area contributed by atoms with Crippen LogP contribution in [-0.2, 0) is 16.4 Å². The van der Waals surface area contributed by atoms with E-state index in [0.717, 1.165) is 11.8 Å². The van der Waals surface area contributed by atoms with E-state index < -0.39 is 10.0 Å². The van der Waals surface area contributed by atoms with Crippen molar-refractivity contribution in [1.29, 1.82) is 0 Å². The molecule has 4 nitrogen and oxygen atoms in total. The van der Waals surface area contributed by atoms with Crippen LogP contribution in [0, 0.1) is 0 Å². The zero-order chi connectivity index (χ0) is 10.8. The van der Waals surface area contributed by atoms with Crippen LogP contribution in [0.15, 0.2) is 18.2 Å². The summed E-state index contributed by atoms with van der Waals surface area (Å²) in [5.41, 5.74) is 1.17. The van der Waals surface area contributed by atoms with E-state index in [2.05, 4.69) is 4.72 Å². The Morgan fingerprint density at radius 3 is 2.50 bits per heavy atom. The molecule has 0 aromatic heterocycles. The highest BCUT2D eigenvalue weighted by atomic mass is 32.2. The van der Waals surface area contributed by atoms with Crippen molar-refractivity contribution >= 4 is 15.7 Å². The highest BCUT2D eigenvalue weighted by Crippen LogP contribution is 2.22. The topological polar surface area (TPSA) is 66.4 Å². The molecule has 0 unspecified atom stereocenters. The molecule has 2 N–H and O–H groups in total. The van der Waals surface area contributed by atoms with Crippen molar-refractivity contribution in [3.8, 4) is 5.75 Å². The number of rotatable bonds is 3. The van der Waals surface area contributed by atoms with Crippen molar-refractivity contribution in [3.63, 3.8) is 0 Å². The first-order valence-electron chi connectivity index (χ1n) is 4.22. The smallest absolute Gasteiger partial charge is 0.229 e. The maximum absolute atomic E-state index is 10.9. The number of phenols is 1. The summed E-state index contributed by atoms with van der Waals surface area (Å²) in [7, 11) is -3.27. The second kappa shape index (κ2) is 3.88. The van der Waals surface area contributed by atoms with Crippen LogP contribution in [0.1, 0.15) is 12.5 Å². The molecule has 1 aromatic carbocycles. The molecule has 0 bridgehead atoms. The summed E-state index contributed by atoms with van der Waals surface area (Å²) >= 11 is 0. The third-order valence-corrected chi connectivity index (χ3v) is 2.38. The standard InChI is InChI=1S/C9H13NO3S/c1-3-7-4-5-8(6-9(7)11)10-14(2,12)13/h4-6,10-11H,3H2,1-2H3. The molecule has 0 aliphatic carbocycles. The lowest BCUT2D eigenvalue weighted by atomic mass is 10.1. The van der Waals surface area contributed by atoms with Gasteiger partial charge in [0.2, 0.25) is 10.0 Å². The van der Waals surface area contributed by atoms with Crippen LogP contribution in [-0.4, -0.2) is 19.8 Å². The normalized spacial score (nSPS) is 11.3. The Kier molecular flexibility index (Phi) is 3.00. The molecule has 0 aliphatic heterocycles. The molecule has 0 atom stereocenters. The maximum atomic E-state index is 10.9. The van der Waals surface area contributed by atoms with Crippen LogP contribution < -0.4 is 4.72 Å². The minimum atomic E-state index is -3.27. The van der Waals surface area contributed by atoms with Gasteiger partial charge in [0.25, 0.3) is 0 Å². The van der Waals surface area contributed by atoms with E-state index in [9.17, 15) is 13.5 Å². The van der Waals surface area contributed by atoms with Crippen molar-refractivity contribution in [2.45, 2.75) is 13.3 Å². The molecule has 14 heavy (non-hydrogen) atoms. The zero-order valence-corrected chi connectivity index (χ0v) is 8.93. The predicted octanol–water partition coefficient (Wildman–Crippen LogP) is 1.33. The molecule has 1 aromatic rings. The van der Waals surface area contributed by atoms with Crippen LogP contribution in [0.3, 0.4) is 0 Å². The number of aromatic hydroxyl groups is 1. The fourth-order valence-corrected chi connectivity index (χ4v) is 1.70. The summed E-state index contributed by atoms with van der Waals surface area (Å²) in [4.78, 5) is 0. The lowest BCUT2D eigenvalue weighted by Gasteiger charge is -2.06. The zero-order valence-electron chi connectivity index (χ0n) is 8.11. The number of sulfonamides is 1. The summed E-state index contributed by atoms with van der Waals surface area (Å²) in [6, 6.07) is 4.72. The van der Waals surface area contributed by atoms with Gasteiger partial charge in [0.1, 0.15) is 5.75 Å². The Morgan fingerprint density at radius 2 is 2.07 bits per heavy atom. The molecule has 0 spiro atoms. The van der Waals surface area contributed by atoms with Crippen molar-refractivity contribution in [2.75, 3.05) is 11.0 Å². The van der Waals surface area contributed by atoms with Gasteiger partial charge in [0.05, 0.1) is 11.9 Å². The summed E-state index contributed by atoms with van der Waals surface area (Å²) in [6.07, 6.45) is 1.78. The minimum absolute atomic E-state index is 0.112. The van der Waals surface area contributed by atoms with E-state index in [1.165, 1.54) is 6.07 Å². The Morgan fingerprint density at radius 1 is 1.43 bits per heavy atom. The number of anilines is 1. The van der Waals surface area contributed by atoms with Crippen molar-refractivity contribution in [1.82, 2.24) is 0 Å². The molecule has 0 fully saturated rings. The maximum Gasteiger partial charge on any atom is 0.229 e. The van der Waals surface area contributed by atoms with Crippen molar-refractivity contribution in [2.24, 2.45) is 0 Å². The van der Waals surface area contributed by atoms with E-state index in [-0.39, 0.29) is 5.75 Å². The van der Waals surface area contributed by atoms with Crippen LogP contribution in [0.4, 0.5) is 5.69 Å². The van der Waals surface area contributed by atoms with Crippen LogP contribution in [0.5, 0.6) is 5.75 Å². The Balaban J connectivity index is 2.98. The average molecular weight is 215 g/mol. The van der Waals surface area contributed by atoms with Gasteiger partial charge in [-0.2, -0.15) is 0 Å². The van der Waals surface area contributed by atoms with Crippen LogP contribution in [0.2, 0.25) is 0 Å². The molecule has 0 radical (unpaired) electrons. The lowest BCUT2D eigenvalue weighted by molar-refractivity contribution is 0.469. The van der Waals surface area contributed by atoms with E-state index in [4.69, 9.17) is 0 Å². The molecule has 0 aliphatic rings. The first kappa shape index (κ1) is 10.8. The van der Waals surface area contributed by atoms with Gasteiger partial charge in [0.15, 0.2) is 0 Å². The molecule has 0 heterocycles. The molecule has 0 amide bonds. The second-order valence-corrected chi connectivity index (χ2v) is 4.82. The number of phenolic OH excluding ortho intramolecular Hbond substituents is 1. The molecule has 0 saturated heterocycles. The largest absolute Gasteiger partial charge is 0.508 e. The first-order chi connectivity index (χ1) is 6.42. The molecular weight excluding hydrogens is 202 g/mol. The number of benzene rings is 1. The van der Waals surface area contributed by atoms with E-state index in [1.54, 1.807) is 12.1 Å². The summed E-state index contributed by atoms with van der Waals surface area (Å²) in [5, 5.41) is 9.45. The number of hydrogen-bond acceptors (Lipinski definition) is 3. The van der Waals surface area contributed by atoms with Gasteiger partial charge in [-0.1, -0.05) is 13.0 Å². The third-order valence-electron chi connectivity index (χ3n) is 1.77. The quantitative estimate of drug-likeness (QED) is 0.799. The van der Waals surface area contributed by atoms with Crippen molar-refractivity contribution in [3.05, 3.63) is 23.8 Å². The van der Waals surface area contributed by atoms with Gasteiger partial charge in [-0.15, -0.1) is 0 Å². The number of hydrogen-bond donors (Lipinski definition) is 2. The van der Waals surface area contributed by atoms with E-state index >= 15 is 0 Å². The molecular formula is C9H13NO3S. The Hall–Kier alpha value is -1.23.